The summed E-state index contributed by atoms with van der Waals surface area (Å²) in [5.74, 6) is -0.249. The molecule has 0 fully saturated rings. The molecule has 0 aromatic heterocycles. The minimum absolute atomic E-state index is 0.0201. The lowest BCUT2D eigenvalue weighted by atomic mass is 10.2. The highest BCUT2D eigenvalue weighted by Crippen LogP contribution is 2.01. The van der Waals surface area contributed by atoms with Crippen LogP contribution in [0.4, 0.5) is 0 Å². The Kier molecular flexibility index (Phi) is 10.2. The van der Waals surface area contributed by atoms with E-state index in [2.05, 4.69) is 23.5 Å². The second kappa shape index (κ2) is 10.8. The summed E-state index contributed by atoms with van der Waals surface area (Å²) in [5.41, 5.74) is 0. The third-order valence-corrected chi connectivity index (χ3v) is 3.31. The Labute approximate surface area is 116 Å². The van der Waals surface area contributed by atoms with Crippen molar-refractivity contribution in [3.8, 4) is 0 Å². The van der Waals surface area contributed by atoms with Crippen molar-refractivity contribution in [2.75, 3.05) is 39.8 Å². The summed E-state index contributed by atoms with van der Waals surface area (Å²) in [6, 6.07) is 0. The van der Waals surface area contributed by atoms with E-state index in [0.29, 0.717) is 13.1 Å². The molecular weight excluding hydrogens is 244 g/mol. The molecule has 0 spiro atoms. The van der Waals surface area contributed by atoms with E-state index >= 15 is 0 Å². The summed E-state index contributed by atoms with van der Waals surface area (Å²) in [4.78, 5) is 26.6. The van der Waals surface area contributed by atoms with E-state index in [1.165, 1.54) is 7.11 Å². The number of hydrogen-bond acceptors (Lipinski definition) is 4. The molecular formula is C14H28N2O3. The van der Waals surface area contributed by atoms with Gasteiger partial charge in [-0.15, -0.1) is 0 Å². The zero-order valence-corrected chi connectivity index (χ0v) is 12.8. The van der Waals surface area contributed by atoms with Crippen molar-refractivity contribution < 1.29 is 14.3 Å². The molecule has 0 radical (unpaired) electrons. The maximum atomic E-state index is 11.4. The average Bonchev–Trinajstić information content (AvgIpc) is 2.41. The average molecular weight is 272 g/mol. The van der Waals surface area contributed by atoms with Gasteiger partial charge in [-0.05, 0) is 32.5 Å². The molecule has 0 aliphatic carbocycles. The Balaban J connectivity index is 3.89. The van der Waals surface area contributed by atoms with Crippen LogP contribution in [0.5, 0.6) is 0 Å². The lowest BCUT2D eigenvalue weighted by Crippen LogP contribution is -2.32. The SMILES string of the molecule is CCN(CC)CCCCN(CCC(=O)OC)C(C)=O. The van der Waals surface area contributed by atoms with Crippen LogP contribution < -0.4 is 0 Å². The summed E-state index contributed by atoms with van der Waals surface area (Å²) in [7, 11) is 1.37. The van der Waals surface area contributed by atoms with E-state index < -0.39 is 0 Å². The van der Waals surface area contributed by atoms with Crippen molar-refractivity contribution in [1.82, 2.24) is 9.80 Å². The van der Waals surface area contributed by atoms with Crippen molar-refractivity contribution >= 4 is 11.9 Å². The number of carbonyl (C=O) groups excluding carboxylic acids is 2. The number of carbonyl (C=O) groups is 2. The van der Waals surface area contributed by atoms with Gasteiger partial charge in [0.2, 0.25) is 5.91 Å². The molecule has 0 saturated carbocycles. The predicted octanol–water partition coefficient (Wildman–Crippen LogP) is 1.52. The second-order valence-corrected chi connectivity index (χ2v) is 4.57. The highest BCUT2D eigenvalue weighted by Gasteiger charge is 2.11. The highest BCUT2D eigenvalue weighted by atomic mass is 16.5. The van der Waals surface area contributed by atoms with Gasteiger partial charge < -0.3 is 14.5 Å². The zero-order valence-electron chi connectivity index (χ0n) is 12.8. The highest BCUT2D eigenvalue weighted by molar-refractivity contribution is 5.74. The first-order valence-electron chi connectivity index (χ1n) is 7.09. The van der Waals surface area contributed by atoms with Crippen molar-refractivity contribution in [3.63, 3.8) is 0 Å². The minimum atomic E-state index is -0.269. The van der Waals surface area contributed by atoms with E-state index in [1.54, 1.807) is 11.8 Å². The van der Waals surface area contributed by atoms with Crippen molar-refractivity contribution in [2.24, 2.45) is 0 Å². The number of amides is 1. The zero-order chi connectivity index (χ0) is 14.7. The van der Waals surface area contributed by atoms with Gasteiger partial charge in [0.25, 0.3) is 0 Å². The monoisotopic (exact) mass is 272 g/mol. The normalized spacial score (nSPS) is 10.6. The lowest BCUT2D eigenvalue weighted by molar-refractivity contribution is -0.141. The number of methoxy groups -OCH3 is 1. The van der Waals surface area contributed by atoms with Crippen molar-refractivity contribution in [2.45, 2.75) is 40.0 Å². The topological polar surface area (TPSA) is 49.9 Å². The Hall–Kier alpha value is -1.10. The summed E-state index contributed by atoms with van der Waals surface area (Å²) < 4.78 is 4.58. The summed E-state index contributed by atoms with van der Waals surface area (Å²) in [5, 5.41) is 0. The number of hydrogen-bond donors (Lipinski definition) is 0. The summed E-state index contributed by atoms with van der Waals surface area (Å²) in [6.07, 6.45) is 2.31. The van der Waals surface area contributed by atoms with Crippen LogP contribution in [0.15, 0.2) is 0 Å². The molecule has 5 nitrogen and oxygen atoms in total. The molecule has 0 aliphatic heterocycles. The van der Waals surface area contributed by atoms with Crippen molar-refractivity contribution in [1.29, 1.82) is 0 Å². The van der Waals surface area contributed by atoms with Gasteiger partial charge in [0, 0.05) is 20.0 Å². The maximum absolute atomic E-state index is 11.4. The molecule has 0 bridgehead atoms. The van der Waals surface area contributed by atoms with Gasteiger partial charge in [0.15, 0.2) is 0 Å². The molecule has 0 atom stereocenters. The van der Waals surface area contributed by atoms with Crippen LogP contribution in [0.3, 0.4) is 0 Å². The van der Waals surface area contributed by atoms with E-state index in [0.717, 1.165) is 32.5 Å². The van der Waals surface area contributed by atoms with E-state index in [4.69, 9.17) is 0 Å². The van der Waals surface area contributed by atoms with Gasteiger partial charge in [-0.3, -0.25) is 9.59 Å². The third kappa shape index (κ3) is 8.59. The van der Waals surface area contributed by atoms with Gasteiger partial charge >= 0.3 is 5.97 Å². The fourth-order valence-corrected chi connectivity index (χ4v) is 1.93. The first-order valence-corrected chi connectivity index (χ1v) is 7.09. The van der Waals surface area contributed by atoms with Crippen molar-refractivity contribution in [3.05, 3.63) is 0 Å². The molecule has 0 heterocycles. The summed E-state index contributed by atoms with van der Waals surface area (Å²) in [6.45, 7) is 10.2. The maximum Gasteiger partial charge on any atom is 0.307 e. The first kappa shape index (κ1) is 17.9. The van der Waals surface area contributed by atoms with Crippen LogP contribution in [-0.2, 0) is 14.3 Å². The Morgan fingerprint density at radius 1 is 1.00 bits per heavy atom. The van der Waals surface area contributed by atoms with Crippen LogP contribution >= 0.6 is 0 Å². The second-order valence-electron chi connectivity index (χ2n) is 4.57. The molecule has 1 amide bonds. The molecule has 0 aromatic carbocycles. The fourth-order valence-electron chi connectivity index (χ4n) is 1.93. The number of rotatable bonds is 10. The van der Waals surface area contributed by atoms with Crippen LogP contribution in [0.1, 0.15) is 40.0 Å². The third-order valence-electron chi connectivity index (χ3n) is 3.31. The van der Waals surface area contributed by atoms with Crippen LogP contribution in [0, 0.1) is 0 Å². The van der Waals surface area contributed by atoms with E-state index in [-0.39, 0.29) is 18.3 Å². The molecule has 5 heteroatoms. The fraction of sp³-hybridized carbons (Fsp3) is 0.857. The molecule has 0 aromatic rings. The largest absolute Gasteiger partial charge is 0.469 e. The molecule has 0 saturated heterocycles. The molecule has 112 valence electrons. The number of esters is 1. The van der Waals surface area contributed by atoms with E-state index in [1.807, 2.05) is 0 Å². The molecule has 19 heavy (non-hydrogen) atoms. The Morgan fingerprint density at radius 3 is 2.05 bits per heavy atom. The first-order chi connectivity index (χ1) is 9.04. The predicted molar refractivity (Wildman–Crippen MR) is 75.9 cm³/mol. The molecule has 0 rings (SSSR count). The lowest BCUT2D eigenvalue weighted by Gasteiger charge is -2.22. The van der Waals surface area contributed by atoms with E-state index in [9.17, 15) is 9.59 Å². The van der Waals surface area contributed by atoms with Gasteiger partial charge in [-0.2, -0.15) is 0 Å². The Morgan fingerprint density at radius 2 is 1.58 bits per heavy atom. The smallest absolute Gasteiger partial charge is 0.307 e. The van der Waals surface area contributed by atoms with Gasteiger partial charge in [0.05, 0.1) is 13.5 Å². The summed E-state index contributed by atoms with van der Waals surface area (Å²) >= 11 is 0. The van der Waals surface area contributed by atoms with Gasteiger partial charge in [-0.25, -0.2) is 0 Å². The van der Waals surface area contributed by atoms with Crippen LogP contribution in [-0.4, -0.2) is 61.5 Å². The minimum Gasteiger partial charge on any atom is -0.469 e. The number of ether oxygens (including phenoxy) is 1. The molecule has 0 N–H and O–H groups in total. The van der Waals surface area contributed by atoms with Crippen LogP contribution in [0.25, 0.3) is 0 Å². The Bertz CT molecular complexity index is 265. The van der Waals surface area contributed by atoms with Crippen LogP contribution in [0.2, 0.25) is 0 Å². The standard InChI is InChI=1S/C14H28N2O3/c1-5-15(6-2)10-7-8-11-16(13(3)17)12-9-14(18)19-4/h5-12H2,1-4H3. The molecule has 0 aliphatic rings. The quantitative estimate of drug-likeness (QED) is 0.447. The number of unbranched alkanes of at least 4 members (excludes halogenated alkanes) is 1. The molecule has 0 unspecified atom stereocenters. The number of nitrogens with zero attached hydrogens (tertiary/aromatic N) is 2. The van der Waals surface area contributed by atoms with Gasteiger partial charge in [0.1, 0.15) is 0 Å². The van der Waals surface area contributed by atoms with Gasteiger partial charge in [-0.1, -0.05) is 13.8 Å².